The molecule has 0 radical (unpaired) electrons. The van der Waals surface area contributed by atoms with Gasteiger partial charge in [0.1, 0.15) is 5.75 Å². The molecule has 2 aromatic carbocycles. The second-order valence-electron chi connectivity index (χ2n) is 6.07. The molecule has 3 rings (SSSR count). The van der Waals surface area contributed by atoms with Gasteiger partial charge < -0.3 is 19.9 Å². The Hall–Kier alpha value is -3.33. The van der Waals surface area contributed by atoms with E-state index in [9.17, 15) is 9.59 Å². The van der Waals surface area contributed by atoms with Crippen LogP contribution in [0.5, 0.6) is 5.75 Å². The molecule has 1 aromatic heterocycles. The number of aromatic nitrogens is 3. The maximum atomic E-state index is 12.3. The van der Waals surface area contributed by atoms with Crippen molar-refractivity contribution in [2.75, 3.05) is 18.2 Å². The van der Waals surface area contributed by atoms with Crippen LogP contribution in [0.25, 0.3) is 0 Å². The Morgan fingerprint density at radius 2 is 1.79 bits per heavy atom. The van der Waals surface area contributed by atoms with Crippen molar-refractivity contribution >= 4 is 29.3 Å². The molecular formula is C20H21N5O3S. The summed E-state index contributed by atoms with van der Waals surface area (Å²) in [5, 5.41) is 14.4. The number of para-hydroxylation sites is 1. The molecule has 150 valence electrons. The van der Waals surface area contributed by atoms with Crippen molar-refractivity contribution in [2.45, 2.75) is 11.7 Å². The summed E-state index contributed by atoms with van der Waals surface area (Å²) >= 11 is 1.28. The van der Waals surface area contributed by atoms with Gasteiger partial charge in [0.2, 0.25) is 5.91 Å². The molecule has 3 aromatic rings. The minimum atomic E-state index is -0.216. The summed E-state index contributed by atoms with van der Waals surface area (Å²) in [5.41, 5.74) is 1.28. The number of methoxy groups -OCH3 is 1. The third kappa shape index (κ3) is 5.58. The van der Waals surface area contributed by atoms with E-state index in [-0.39, 0.29) is 24.1 Å². The van der Waals surface area contributed by atoms with Crippen molar-refractivity contribution in [2.24, 2.45) is 7.05 Å². The normalized spacial score (nSPS) is 10.4. The van der Waals surface area contributed by atoms with Crippen LogP contribution < -0.4 is 15.4 Å². The SMILES string of the molecule is COc1ccc(C(=O)NCc2nnc(SCC(=O)Nc3ccccc3)n2C)cc1. The Morgan fingerprint density at radius 3 is 2.48 bits per heavy atom. The zero-order valence-electron chi connectivity index (χ0n) is 16.1. The van der Waals surface area contributed by atoms with Crippen molar-refractivity contribution < 1.29 is 14.3 Å². The van der Waals surface area contributed by atoms with Crippen molar-refractivity contribution in [3.8, 4) is 5.75 Å². The van der Waals surface area contributed by atoms with Crippen LogP contribution >= 0.6 is 11.8 Å². The molecule has 1 heterocycles. The number of benzene rings is 2. The smallest absolute Gasteiger partial charge is 0.251 e. The molecule has 0 atom stereocenters. The standard InChI is InChI=1S/C20H21N5O3S/c1-25-17(12-21-19(27)14-8-10-16(28-2)11-9-14)23-24-20(25)29-13-18(26)22-15-6-4-3-5-7-15/h3-11H,12-13H2,1-2H3,(H,21,27)(H,22,26). The zero-order valence-corrected chi connectivity index (χ0v) is 16.9. The summed E-state index contributed by atoms with van der Waals surface area (Å²) < 4.78 is 6.84. The number of amides is 2. The van der Waals surface area contributed by atoms with E-state index in [1.807, 2.05) is 30.3 Å². The van der Waals surface area contributed by atoms with E-state index in [1.54, 1.807) is 43.0 Å². The molecule has 0 aliphatic rings. The minimum Gasteiger partial charge on any atom is -0.497 e. The highest BCUT2D eigenvalue weighted by Gasteiger charge is 2.13. The fourth-order valence-electron chi connectivity index (χ4n) is 2.48. The van der Waals surface area contributed by atoms with Gasteiger partial charge >= 0.3 is 0 Å². The van der Waals surface area contributed by atoms with Crippen molar-refractivity contribution in [1.29, 1.82) is 0 Å². The van der Waals surface area contributed by atoms with E-state index in [0.717, 1.165) is 5.69 Å². The first-order valence-electron chi connectivity index (χ1n) is 8.85. The van der Waals surface area contributed by atoms with Gasteiger partial charge in [0.05, 0.1) is 19.4 Å². The summed E-state index contributed by atoms with van der Waals surface area (Å²) in [6.07, 6.45) is 0. The average molecular weight is 411 g/mol. The number of nitrogens with one attached hydrogen (secondary N) is 2. The number of carbonyl (C=O) groups is 2. The quantitative estimate of drug-likeness (QED) is 0.553. The number of rotatable bonds is 8. The number of ether oxygens (including phenoxy) is 1. The van der Waals surface area contributed by atoms with Crippen molar-refractivity contribution in [1.82, 2.24) is 20.1 Å². The van der Waals surface area contributed by atoms with E-state index in [0.29, 0.717) is 22.3 Å². The molecule has 0 unspecified atom stereocenters. The fraction of sp³-hybridized carbons (Fsp3) is 0.200. The fourth-order valence-corrected chi connectivity index (χ4v) is 3.21. The maximum Gasteiger partial charge on any atom is 0.251 e. The van der Waals surface area contributed by atoms with Gasteiger partial charge in [-0.15, -0.1) is 10.2 Å². The van der Waals surface area contributed by atoms with E-state index >= 15 is 0 Å². The van der Waals surface area contributed by atoms with Gasteiger partial charge in [0.15, 0.2) is 11.0 Å². The molecule has 2 amide bonds. The molecular weight excluding hydrogens is 390 g/mol. The lowest BCUT2D eigenvalue weighted by atomic mass is 10.2. The molecule has 29 heavy (non-hydrogen) atoms. The summed E-state index contributed by atoms with van der Waals surface area (Å²) in [6, 6.07) is 16.1. The van der Waals surface area contributed by atoms with Gasteiger partial charge in [-0.2, -0.15) is 0 Å². The second kappa shape index (κ2) is 9.74. The van der Waals surface area contributed by atoms with Gasteiger partial charge in [-0.25, -0.2) is 0 Å². The molecule has 8 nitrogen and oxygen atoms in total. The summed E-state index contributed by atoms with van der Waals surface area (Å²) in [5.74, 6) is 1.15. The molecule has 9 heteroatoms. The summed E-state index contributed by atoms with van der Waals surface area (Å²) in [4.78, 5) is 24.3. The van der Waals surface area contributed by atoms with E-state index in [1.165, 1.54) is 11.8 Å². The van der Waals surface area contributed by atoms with Crippen LogP contribution in [-0.4, -0.2) is 39.4 Å². The van der Waals surface area contributed by atoms with Crippen molar-refractivity contribution in [3.05, 3.63) is 66.0 Å². The number of hydrogen-bond acceptors (Lipinski definition) is 6. The lowest BCUT2D eigenvalue weighted by Crippen LogP contribution is -2.24. The Morgan fingerprint density at radius 1 is 1.07 bits per heavy atom. The maximum absolute atomic E-state index is 12.3. The van der Waals surface area contributed by atoms with Crippen LogP contribution in [0.2, 0.25) is 0 Å². The number of thioether (sulfide) groups is 1. The van der Waals surface area contributed by atoms with Crippen LogP contribution in [0, 0.1) is 0 Å². The van der Waals surface area contributed by atoms with Crippen LogP contribution in [0.15, 0.2) is 59.8 Å². The molecule has 0 saturated heterocycles. The Labute approximate surface area is 172 Å². The highest BCUT2D eigenvalue weighted by molar-refractivity contribution is 7.99. The Balaban J connectivity index is 1.50. The Bertz CT molecular complexity index is 974. The van der Waals surface area contributed by atoms with Crippen LogP contribution in [-0.2, 0) is 18.4 Å². The summed E-state index contributed by atoms with van der Waals surface area (Å²) in [6.45, 7) is 0.227. The topological polar surface area (TPSA) is 98.1 Å². The molecule has 0 fully saturated rings. The van der Waals surface area contributed by atoms with Gasteiger partial charge in [0, 0.05) is 18.3 Å². The second-order valence-corrected chi connectivity index (χ2v) is 7.01. The van der Waals surface area contributed by atoms with Gasteiger partial charge in [-0.1, -0.05) is 30.0 Å². The number of carbonyl (C=O) groups excluding carboxylic acids is 2. The van der Waals surface area contributed by atoms with E-state index < -0.39 is 0 Å². The molecule has 0 spiro atoms. The lowest BCUT2D eigenvalue weighted by molar-refractivity contribution is -0.113. The lowest BCUT2D eigenvalue weighted by Gasteiger charge is -2.07. The molecule has 0 bridgehead atoms. The van der Waals surface area contributed by atoms with E-state index in [4.69, 9.17) is 4.74 Å². The number of hydrogen-bond donors (Lipinski definition) is 2. The third-order valence-corrected chi connectivity index (χ3v) is 5.09. The van der Waals surface area contributed by atoms with Crippen LogP contribution in [0.1, 0.15) is 16.2 Å². The first-order valence-corrected chi connectivity index (χ1v) is 9.83. The van der Waals surface area contributed by atoms with Gasteiger partial charge in [-0.05, 0) is 36.4 Å². The third-order valence-electron chi connectivity index (χ3n) is 4.07. The van der Waals surface area contributed by atoms with Crippen LogP contribution in [0.3, 0.4) is 0 Å². The monoisotopic (exact) mass is 411 g/mol. The predicted octanol–water partition coefficient (Wildman–Crippen LogP) is 2.48. The molecule has 2 N–H and O–H groups in total. The predicted molar refractivity (Wildman–Crippen MR) is 111 cm³/mol. The van der Waals surface area contributed by atoms with Gasteiger partial charge in [0.25, 0.3) is 5.91 Å². The summed E-state index contributed by atoms with van der Waals surface area (Å²) in [7, 11) is 3.37. The minimum absolute atomic E-state index is 0.126. The molecule has 0 aliphatic carbocycles. The van der Waals surface area contributed by atoms with Crippen LogP contribution in [0.4, 0.5) is 5.69 Å². The highest BCUT2D eigenvalue weighted by atomic mass is 32.2. The largest absolute Gasteiger partial charge is 0.497 e. The molecule has 0 saturated carbocycles. The number of nitrogens with zero attached hydrogens (tertiary/aromatic N) is 3. The molecule has 0 aliphatic heterocycles. The Kier molecular flexibility index (Phi) is 6.85. The van der Waals surface area contributed by atoms with Gasteiger partial charge in [-0.3, -0.25) is 9.59 Å². The first-order chi connectivity index (χ1) is 14.1. The zero-order chi connectivity index (χ0) is 20.6. The first kappa shape index (κ1) is 20.4. The number of anilines is 1. The average Bonchev–Trinajstić information content (AvgIpc) is 3.10. The van der Waals surface area contributed by atoms with Crippen molar-refractivity contribution in [3.63, 3.8) is 0 Å². The van der Waals surface area contributed by atoms with E-state index in [2.05, 4.69) is 20.8 Å². The highest BCUT2D eigenvalue weighted by Crippen LogP contribution is 2.16.